The van der Waals surface area contributed by atoms with Crippen molar-refractivity contribution in [3.8, 4) is 0 Å². The summed E-state index contributed by atoms with van der Waals surface area (Å²) in [4.78, 5) is 32.9. The van der Waals surface area contributed by atoms with Crippen molar-refractivity contribution < 1.29 is 14.7 Å². The summed E-state index contributed by atoms with van der Waals surface area (Å²) in [7, 11) is 1.24. The first-order chi connectivity index (χ1) is 10.9. The molecular weight excluding hydrogens is 322 g/mol. The van der Waals surface area contributed by atoms with E-state index < -0.39 is 11.5 Å². The highest BCUT2D eigenvalue weighted by Crippen LogP contribution is 2.29. The van der Waals surface area contributed by atoms with Crippen LogP contribution in [-0.4, -0.2) is 33.0 Å². The van der Waals surface area contributed by atoms with Gasteiger partial charge >= 0.3 is 5.97 Å². The van der Waals surface area contributed by atoms with E-state index in [1.54, 1.807) is 13.8 Å². The van der Waals surface area contributed by atoms with Crippen molar-refractivity contribution in [2.45, 2.75) is 13.8 Å². The minimum Gasteiger partial charge on any atom is -0.465 e. The summed E-state index contributed by atoms with van der Waals surface area (Å²) in [5.74, 6) is -0.628. The Hall–Kier alpha value is -2.67. The number of carbonyl (C=O) groups excluding carboxylic acids is 1. The number of fused-ring (bicyclic) bond motifs is 3. The van der Waals surface area contributed by atoms with Crippen molar-refractivity contribution in [3.63, 3.8) is 0 Å². The maximum absolute atomic E-state index is 12.5. The first-order valence-electron chi connectivity index (χ1n) is 6.65. The van der Waals surface area contributed by atoms with Gasteiger partial charge in [-0.15, -0.1) is 4.73 Å². The second kappa shape index (κ2) is 5.20. The van der Waals surface area contributed by atoms with Crippen LogP contribution in [0.4, 0.5) is 0 Å². The highest BCUT2D eigenvalue weighted by Gasteiger charge is 2.23. The van der Waals surface area contributed by atoms with Crippen molar-refractivity contribution in [1.82, 2.24) is 14.7 Å². The molecule has 0 fully saturated rings. The first-order valence-corrected chi connectivity index (χ1v) is 7.03. The van der Waals surface area contributed by atoms with Gasteiger partial charge in [0.1, 0.15) is 0 Å². The quantitative estimate of drug-likeness (QED) is 0.417. The lowest BCUT2D eigenvalue weighted by Gasteiger charge is -2.13. The summed E-state index contributed by atoms with van der Waals surface area (Å²) in [6.45, 7) is 3.27. The molecule has 0 bridgehead atoms. The minimum atomic E-state index is -0.711. The number of methoxy groups -OCH3 is 1. The van der Waals surface area contributed by atoms with Gasteiger partial charge in [0.15, 0.2) is 5.65 Å². The molecule has 0 saturated heterocycles. The fourth-order valence-corrected chi connectivity index (χ4v) is 2.88. The largest absolute Gasteiger partial charge is 0.465 e. The third kappa shape index (κ3) is 2.12. The number of rotatable bonds is 1. The third-order valence-corrected chi connectivity index (χ3v) is 3.86. The number of aromatic nitrogens is 3. The maximum Gasteiger partial charge on any atom is 0.340 e. The Kier molecular flexibility index (Phi) is 3.45. The predicted molar refractivity (Wildman–Crippen MR) is 84.3 cm³/mol. The van der Waals surface area contributed by atoms with Crippen LogP contribution in [0.3, 0.4) is 0 Å². The van der Waals surface area contributed by atoms with Crippen LogP contribution in [0, 0.1) is 13.8 Å². The molecule has 3 rings (SSSR count). The SMILES string of the molecule is COC(=O)c1c(C)nc(C)c2c(=O)n(O)c3ncc(Cl)cc3c12. The van der Waals surface area contributed by atoms with Gasteiger partial charge in [-0.05, 0) is 19.9 Å². The van der Waals surface area contributed by atoms with Crippen LogP contribution in [0.25, 0.3) is 21.8 Å². The smallest absolute Gasteiger partial charge is 0.340 e. The van der Waals surface area contributed by atoms with Gasteiger partial charge in [-0.2, -0.15) is 0 Å². The number of ether oxygens (including phenoxy) is 1. The molecule has 0 aliphatic rings. The Balaban J connectivity index is 2.75. The number of halogens is 1. The Morgan fingerprint density at radius 1 is 1.30 bits per heavy atom. The van der Waals surface area contributed by atoms with E-state index in [0.29, 0.717) is 31.9 Å². The van der Waals surface area contributed by atoms with E-state index in [1.165, 1.54) is 19.4 Å². The average Bonchev–Trinajstić information content (AvgIpc) is 2.51. The van der Waals surface area contributed by atoms with Gasteiger partial charge in [-0.3, -0.25) is 9.78 Å². The monoisotopic (exact) mass is 333 g/mol. The number of hydrogen-bond acceptors (Lipinski definition) is 6. The van der Waals surface area contributed by atoms with Crippen LogP contribution < -0.4 is 5.56 Å². The zero-order valence-corrected chi connectivity index (χ0v) is 13.3. The number of esters is 1. The summed E-state index contributed by atoms with van der Waals surface area (Å²) in [5.41, 5.74) is 0.248. The molecule has 3 aromatic rings. The first kappa shape index (κ1) is 15.2. The van der Waals surface area contributed by atoms with E-state index in [4.69, 9.17) is 16.3 Å². The molecule has 3 aromatic heterocycles. The van der Waals surface area contributed by atoms with Crippen molar-refractivity contribution in [1.29, 1.82) is 0 Å². The molecule has 0 saturated carbocycles. The van der Waals surface area contributed by atoms with E-state index in [-0.39, 0.29) is 16.6 Å². The summed E-state index contributed by atoms with van der Waals surface area (Å²) in [5, 5.41) is 11.2. The van der Waals surface area contributed by atoms with Gasteiger partial charge in [0.05, 0.1) is 34.5 Å². The predicted octanol–water partition coefficient (Wildman–Crippen LogP) is 2.24. The molecule has 3 heterocycles. The molecule has 1 N–H and O–H groups in total. The lowest BCUT2D eigenvalue weighted by molar-refractivity contribution is 0.0601. The Morgan fingerprint density at radius 2 is 2.00 bits per heavy atom. The highest BCUT2D eigenvalue weighted by atomic mass is 35.5. The number of aryl methyl sites for hydroxylation is 2. The number of hydrogen-bond donors (Lipinski definition) is 1. The number of pyridine rings is 3. The molecule has 7 nitrogen and oxygen atoms in total. The summed E-state index contributed by atoms with van der Waals surface area (Å²) in [6, 6.07) is 1.53. The fourth-order valence-electron chi connectivity index (χ4n) is 2.72. The van der Waals surface area contributed by atoms with Crippen LogP contribution >= 0.6 is 11.6 Å². The van der Waals surface area contributed by atoms with Crippen LogP contribution in [0.1, 0.15) is 21.7 Å². The van der Waals surface area contributed by atoms with Crippen LogP contribution in [0.2, 0.25) is 5.02 Å². The normalized spacial score (nSPS) is 11.1. The van der Waals surface area contributed by atoms with Gasteiger partial charge in [-0.1, -0.05) is 11.6 Å². The van der Waals surface area contributed by atoms with E-state index >= 15 is 0 Å². The van der Waals surface area contributed by atoms with Gasteiger partial charge in [0.25, 0.3) is 5.56 Å². The second-order valence-electron chi connectivity index (χ2n) is 5.04. The lowest BCUT2D eigenvalue weighted by Crippen LogP contribution is -2.22. The fraction of sp³-hybridized carbons (Fsp3) is 0.200. The van der Waals surface area contributed by atoms with Crippen molar-refractivity contribution in [3.05, 3.63) is 44.6 Å². The summed E-state index contributed by atoms with van der Waals surface area (Å²) >= 11 is 5.99. The van der Waals surface area contributed by atoms with Gasteiger partial charge in [0.2, 0.25) is 0 Å². The van der Waals surface area contributed by atoms with Crippen molar-refractivity contribution >= 4 is 39.4 Å². The van der Waals surface area contributed by atoms with E-state index in [9.17, 15) is 14.8 Å². The van der Waals surface area contributed by atoms with E-state index in [1.807, 2.05) is 0 Å². The standard InChI is InChI=1S/C15H12ClN3O4/c1-6-10-12(11(7(2)18-6)15(21)23-3)9-4-8(16)5-17-13(9)19(22)14(10)20/h4-5,22H,1-3H3. The molecular formula is C15H12ClN3O4. The zero-order chi connectivity index (χ0) is 16.9. The summed E-state index contributed by atoms with van der Waals surface area (Å²) < 4.78 is 5.24. The molecule has 0 unspecified atom stereocenters. The Morgan fingerprint density at radius 3 is 2.65 bits per heavy atom. The van der Waals surface area contributed by atoms with Crippen LogP contribution in [0.15, 0.2) is 17.1 Å². The lowest BCUT2D eigenvalue weighted by atomic mass is 10.0. The van der Waals surface area contributed by atoms with E-state index in [2.05, 4.69) is 9.97 Å². The van der Waals surface area contributed by atoms with Gasteiger partial charge in [0, 0.05) is 17.0 Å². The van der Waals surface area contributed by atoms with Gasteiger partial charge in [-0.25, -0.2) is 9.78 Å². The summed E-state index contributed by atoms with van der Waals surface area (Å²) in [6.07, 6.45) is 1.31. The topological polar surface area (TPSA) is 94.3 Å². The van der Waals surface area contributed by atoms with Crippen LogP contribution in [-0.2, 0) is 4.74 Å². The van der Waals surface area contributed by atoms with Crippen LogP contribution in [0.5, 0.6) is 0 Å². The van der Waals surface area contributed by atoms with Gasteiger partial charge < -0.3 is 9.94 Å². The molecule has 0 aromatic carbocycles. The third-order valence-electron chi connectivity index (χ3n) is 3.66. The Bertz CT molecular complexity index is 1040. The molecule has 8 heteroatoms. The average molecular weight is 334 g/mol. The zero-order valence-electron chi connectivity index (χ0n) is 12.5. The molecule has 23 heavy (non-hydrogen) atoms. The Labute approximate surface area is 135 Å². The maximum atomic E-state index is 12.5. The minimum absolute atomic E-state index is 0.00190. The second-order valence-corrected chi connectivity index (χ2v) is 5.48. The number of carbonyl (C=O) groups is 1. The molecule has 0 amide bonds. The van der Waals surface area contributed by atoms with Crippen molar-refractivity contribution in [2.24, 2.45) is 0 Å². The molecule has 0 spiro atoms. The highest BCUT2D eigenvalue weighted by molar-refractivity contribution is 6.31. The molecule has 0 radical (unpaired) electrons. The molecule has 118 valence electrons. The number of nitrogens with zero attached hydrogens (tertiary/aromatic N) is 3. The van der Waals surface area contributed by atoms with Crippen molar-refractivity contribution in [2.75, 3.05) is 7.11 Å². The molecule has 0 aliphatic heterocycles. The molecule has 0 atom stereocenters. The van der Waals surface area contributed by atoms with E-state index in [0.717, 1.165) is 0 Å². The molecule has 0 aliphatic carbocycles.